The predicted octanol–water partition coefficient (Wildman–Crippen LogP) is 2.51. The summed E-state index contributed by atoms with van der Waals surface area (Å²) in [5, 5.41) is 15.0. The molecular formula is C19H25ClN4O4. The highest BCUT2D eigenvalue weighted by molar-refractivity contribution is 6.24. The summed E-state index contributed by atoms with van der Waals surface area (Å²) in [4.78, 5) is 29.0. The first kappa shape index (κ1) is 21.6. The molecule has 8 nitrogen and oxygen atoms in total. The molecule has 0 bridgehead atoms. The molecule has 0 aliphatic carbocycles. The summed E-state index contributed by atoms with van der Waals surface area (Å²) in [5.41, 5.74) is 0.297. The number of aliphatic imine (C=N–C) groups is 1. The number of nitrogens with zero attached hydrogens (tertiary/aromatic N) is 2. The number of rotatable bonds is 8. The van der Waals surface area contributed by atoms with Crippen LogP contribution in [-0.2, 0) is 16.1 Å². The average molecular weight is 409 g/mol. The Bertz CT molecular complexity index is 737. The van der Waals surface area contributed by atoms with Gasteiger partial charge in [0.05, 0.1) is 0 Å². The molecule has 1 aliphatic heterocycles. The lowest BCUT2D eigenvalue weighted by atomic mass is 10.2. The Balaban J connectivity index is 1.72. The Labute approximate surface area is 169 Å². The van der Waals surface area contributed by atoms with E-state index in [1.165, 1.54) is 6.20 Å². The van der Waals surface area contributed by atoms with E-state index in [0.717, 1.165) is 5.56 Å². The van der Waals surface area contributed by atoms with Gasteiger partial charge in [0.2, 0.25) is 0 Å². The maximum atomic E-state index is 11.7. The fraction of sp³-hybridized carbons (Fsp3) is 0.421. The van der Waals surface area contributed by atoms with E-state index in [0.29, 0.717) is 19.5 Å². The zero-order valence-electron chi connectivity index (χ0n) is 15.9. The molecule has 3 N–H and O–H groups in total. The van der Waals surface area contributed by atoms with Crippen LogP contribution in [0.5, 0.6) is 0 Å². The summed E-state index contributed by atoms with van der Waals surface area (Å²) in [7, 11) is 0. The van der Waals surface area contributed by atoms with Crippen LogP contribution in [0.15, 0.2) is 47.1 Å². The smallest absolute Gasteiger partial charge is 0.407 e. The van der Waals surface area contributed by atoms with Crippen LogP contribution >= 0.6 is 11.6 Å². The van der Waals surface area contributed by atoms with Gasteiger partial charge in [-0.25, -0.2) is 14.6 Å². The topological polar surface area (TPSA) is 103 Å². The lowest BCUT2D eigenvalue weighted by Crippen LogP contribution is -2.42. The molecule has 0 radical (unpaired) electrons. The number of amides is 1. The first-order valence-electron chi connectivity index (χ1n) is 9.01. The highest BCUT2D eigenvalue weighted by Crippen LogP contribution is 2.19. The van der Waals surface area contributed by atoms with Gasteiger partial charge in [0.1, 0.15) is 18.0 Å². The number of carboxylic acids is 1. The molecule has 1 aromatic carbocycles. The molecule has 9 heteroatoms. The van der Waals surface area contributed by atoms with Gasteiger partial charge in [0.15, 0.2) is 5.62 Å². The maximum absolute atomic E-state index is 11.7. The number of alkyl halides is 1. The summed E-state index contributed by atoms with van der Waals surface area (Å²) in [6.07, 6.45) is 1.56. The molecule has 1 heterocycles. The molecule has 152 valence electrons. The van der Waals surface area contributed by atoms with Crippen LogP contribution in [0.3, 0.4) is 0 Å². The molecule has 2 rings (SSSR count). The number of alkyl carbamates (subject to hydrolysis) is 1. The number of hydrogen-bond donors (Lipinski definition) is 3. The lowest BCUT2D eigenvalue weighted by Gasteiger charge is -2.32. The van der Waals surface area contributed by atoms with Gasteiger partial charge in [-0.15, -0.1) is 0 Å². The highest BCUT2D eigenvalue weighted by atomic mass is 35.5. The van der Waals surface area contributed by atoms with Crippen molar-refractivity contribution >= 4 is 29.5 Å². The maximum Gasteiger partial charge on any atom is 0.407 e. The Morgan fingerprint density at radius 2 is 2.00 bits per heavy atom. The number of halogens is 1. The van der Waals surface area contributed by atoms with Gasteiger partial charge in [-0.1, -0.05) is 41.9 Å². The van der Waals surface area contributed by atoms with Crippen LogP contribution in [0, 0.1) is 0 Å². The van der Waals surface area contributed by atoms with Crippen molar-refractivity contribution in [3.63, 3.8) is 0 Å². The molecular weight excluding hydrogens is 384 g/mol. The van der Waals surface area contributed by atoms with Crippen molar-refractivity contribution in [3.05, 3.63) is 47.7 Å². The van der Waals surface area contributed by atoms with E-state index in [2.05, 4.69) is 15.6 Å². The molecule has 1 aliphatic rings. The van der Waals surface area contributed by atoms with Crippen LogP contribution in [0.1, 0.15) is 25.8 Å². The van der Waals surface area contributed by atoms with Crippen molar-refractivity contribution in [2.45, 2.75) is 38.5 Å². The van der Waals surface area contributed by atoms with E-state index in [-0.39, 0.29) is 24.1 Å². The second-order valence-corrected chi connectivity index (χ2v) is 6.84. The monoisotopic (exact) mass is 408 g/mol. The minimum Gasteiger partial charge on any atom is -0.478 e. The molecule has 1 atom stereocenters. The van der Waals surface area contributed by atoms with Crippen LogP contribution in [0.4, 0.5) is 4.79 Å². The fourth-order valence-corrected chi connectivity index (χ4v) is 2.85. The molecule has 1 aromatic rings. The number of benzene rings is 1. The summed E-state index contributed by atoms with van der Waals surface area (Å²) in [6, 6.07) is 9.42. The van der Waals surface area contributed by atoms with Gasteiger partial charge in [-0.2, -0.15) is 0 Å². The molecule has 0 spiro atoms. The van der Waals surface area contributed by atoms with Gasteiger partial charge in [0.25, 0.3) is 0 Å². The number of carbonyl (C=O) groups is 2. The van der Waals surface area contributed by atoms with Crippen molar-refractivity contribution in [1.29, 1.82) is 0 Å². The second kappa shape index (κ2) is 10.6. The van der Waals surface area contributed by atoms with Crippen LogP contribution in [0.2, 0.25) is 0 Å². The van der Waals surface area contributed by atoms with Crippen LogP contribution < -0.4 is 10.6 Å². The van der Waals surface area contributed by atoms with E-state index in [4.69, 9.17) is 16.3 Å². The Kier molecular flexibility index (Phi) is 8.13. The van der Waals surface area contributed by atoms with E-state index in [1.54, 1.807) is 4.90 Å². The van der Waals surface area contributed by atoms with Crippen LogP contribution in [-0.4, -0.2) is 52.7 Å². The van der Waals surface area contributed by atoms with E-state index < -0.39 is 17.7 Å². The molecule has 0 saturated carbocycles. The summed E-state index contributed by atoms with van der Waals surface area (Å²) in [6.45, 7) is 4.82. The molecule has 0 fully saturated rings. The first-order valence-corrected chi connectivity index (χ1v) is 9.45. The zero-order chi connectivity index (χ0) is 20.5. The third-order valence-corrected chi connectivity index (χ3v) is 4.29. The number of hydrogen-bond acceptors (Lipinski definition) is 6. The van der Waals surface area contributed by atoms with Crippen molar-refractivity contribution in [1.82, 2.24) is 15.5 Å². The minimum atomic E-state index is -1.08. The fourth-order valence-electron chi connectivity index (χ4n) is 2.47. The van der Waals surface area contributed by atoms with Crippen molar-refractivity contribution in [3.8, 4) is 0 Å². The highest BCUT2D eigenvalue weighted by Gasteiger charge is 2.27. The third-order valence-electron chi connectivity index (χ3n) is 3.97. The van der Waals surface area contributed by atoms with E-state index in [1.807, 2.05) is 44.2 Å². The van der Waals surface area contributed by atoms with Gasteiger partial charge in [-0.05, 0) is 25.8 Å². The number of carbonyl (C=O) groups excluding carboxylic acids is 1. The van der Waals surface area contributed by atoms with Gasteiger partial charge in [-0.3, -0.25) is 0 Å². The van der Waals surface area contributed by atoms with E-state index >= 15 is 0 Å². The van der Waals surface area contributed by atoms with Crippen molar-refractivity contribution in [2.24, 2.45) is 4.99 Å². The molecule has 0 aromatic heterocycles. The summed E-state index contributed by atoms with van der Waals surface area (Å²) >= 11 is 6.20. The lowest BCUT2D eigenvalue weighted by molar-refractivity contribution is -0.132. The van der Waals surface area contributed by atoms with Crippen molar-refractivity contribution < 1.29 is 19.4 Å². The Morgan fingerprint density at radius 3 is 2.64 bits per heavy atom. The zero-order valence-corrected chi connectivity index (χ0v) is 16.6. The number of nitrogens with one attached hydrogen (secondary N) is 2. The minimum absolute atomic E-state index is 0.0215. The predicted molar refractivity (Wildman–Crippen MR) is 107 cm³/mol. The molecule has 0 saturated heterocycles. The molecule has 1 unspecified atom stereocenters. The summed E-state index contributed by atoms with van der Waals surface area (Å²) < 4.78 is 5.12. The Morgan fingerprint density at radius 1 is 1.29 bits per heavy atom. The van der Waals surface area contributed by atoms with E-state index in [9.17, 15) is 14.7 Å². The third kappa shape index (κ3) is 6.45. The molecule has 1 amide bonds. The van der Waals surface area contributed by atoms with Gasteiger partial charge >= 0.3 is 12.1 Å². The number of ether oxygens (including phenoxy) is 1. The SMILES string of the molecule is CC(C)N1C=C(C(=O)O)C(NCCCNC(=O)OCc2ccccc2)=NC1Cl. The van der Waals surface area contributed by atoms with Crippen molar-refractivity contribution in [2.75, 3.05) is 13.1 Å². The number of amidine groups is 1. The standard InChI is InChI=1S/C19H25ClN4O4/c1-13(2)24-11-15(17(25)26)16(23-18(24)20)21-9-6-10-22-19(27)28-12-14-7-4-3-5-8-14/h3-5,7-8,11,13,18H,6,9-10,12H2,1-2H3,(H,21,23)(H,22,27)(H,25,26). The van der Waals surface area contributed by atoms with Crippen LogP contribution in [0.25, 0.3) is 0 Å². The molecule has 28 heavy (non-hydrogen) atoms. The summed E-state index contributed by atoms with van der Waals surface area (Å²) in [5.74, 6) is -0.848. The largest absolute Gasteiger partial charge is 0.478 e. The number of carboxylic acid groups (broad SMARTS) is 1. The normalized spacial score (nSPS) is 16.3. The van der Waals surface area contributed by atoms with Gasteiger partial charge in [0, 0.05) is 25.3 Å². The quantitative estimate of drug-likeness (QED) is 0.347. The first-order chi connectivity index (χ1) is 13.4. The number of aliphatic carboxylic acids is 1. The van der Waals surface area contributed by atoms with Gasteiger partial charge < -0.3 is 25.4 Å². The second-order valence-electron chi connectivity index (χ2n) is 6.45. The average Bonchev–Trinajstić information content (AvgIpc) is 2.66. The Hall–Kier alpha value is -2.74.